The van der Waals surface area contributed by atoms with Crippen LogP contribution in [0.1, 0.15) is 34.1 Å². The Hall–Kier alpha value is -0.120. The lowest BCUT2D eigenvalue weighted by Gasteiger charge is -2.31. The van der Waals surface area contributed by atoms with Crippen LogP contribution < -0.4 is 5.32 Å². The van der Waals surface area contributed by atoms with Gasteiger partial charge in [-0.1, -0.05) is 27.7 Å². The molecule has 0 rings (SSSR count). The lowest BCUT2D eigenvalue weighted by atomic mass is 9.87. The van der Waals surface area contributed by atoms with Crippen LogP contribution in [0.3, 0.4) is 0 Å². The van der Waals surface area contributed by atoms with Gasteiger partial charge in [0, 0.05) is 13.2 Å². The summed E-state index contributed by atoms with van der Waals surface area (Å²) in [5.74, 6) is 0. The van der Waals surface area contributed by atoms with Crippen LogP contribution in [0.4, 0.5) is 0 Å². The van der Waals surface area contributed by atoms with E-state index in [4.69, 9.17) is 9.47 Å². The zero-order valence-corrected chi connectivity index (χ0v) is 10.9. The van der Waals surface area contributed by atoms with E-state index in [9.17, 15) is 0 Å². The maximum absolute atomic E-state index is 5.57. The lowest BCUT2D eigenvalue weighted by molar-refractivity contribution is 0.0393. The molecule has 1 N–H and O–H groups in total. The molecule has 0 spiro atoms. The third-order valence-corrected chi connectivity index (χ3v) is 2.40. The van der Waals surface area contributed by atoms with Gasteiger partial charge in [-0.25, -0.2) is 0 Å². The Morgan fingerprint density at radius 3 is 2.33 bits per heavy atom. The fraction of sp³-hybridized carbons (Fsp3) is 1.00. The van der Waals surface area contributed by atoms with Gasteiger partial charge in [0.2, 0.25) is 0 Å². The molecular formula is C12H27NO2. The molecule has 0 amide bonds. The third-order valence-electron chi connectivity index (χ3n) is 2.40. The number of rotatable bonds is 8. The van der Waals surface area contributed by atoms with Gasteiger partial charge < -0.3 is 14.8 Å². The van der Waals surface area contributed by atoms with Crippen molar-refractivity contribution in [3.05, 3.63) is 0 Å². The van der Waals surface area contributed by atoms with E-state index in [-0.39, 0.29) is 5.41 Å². The maximum Gasteiger partial charge on any atom is 0.0701 e. The Balaban J connectivity index is 3.81. The fourth-order valence-corrected chi connectivity index (χ4v) is 1.28. The largest absolute Gasteiger partial charge is 0.382 e. The first-order valence-corrected chi connectivity index (χ1v) is 5.82. The number of nitrogens with one attached hydrogen (secondary N) is 1. The molecule has 3 nitrogen and oxygen atoms in total. The summed E-state index contributed by atoms with van der Waals surface area (Å²) in [7, 11) is 1.69. The highest BCUT2D eigenvalue weighted by molar-refractivity contribution is 4.79. The second-order valence-electron chi connectivity index (χ2n) is 4.94. The zero-order valence-electron chi connectivity index (χ0n) is 10.9. The van der Waals surface area contributed by atoms with Crippen molar-refractivity contribution in [3.63, 3.8) is 0 Å². The standard InChI is InChI=1S/C12H27NO2/c1-6-7-13-11(12(2,3)4)10-15-9-8-14-5/h11,13H,6-10H2,1-5H3. The molecular weight excluding hydrogens is 190 g/mol. The summed E-state index contributed by atoms with van der Waals surface area (Å²) in [5, 5.41) is 3.52. The highest BCUT2D eigenvalue weighted by atomic mass is 16.5. The molecule has 0 fully saturated rings. The van der Waals surface area contributed by atoms with Crippen molar-refractivity contribution in [1.29, 1.82) is 0 Å². The van der Waals surface area contributed by atoms with Gasteiger partial charge in [-0.05, 0) is 18.4 Å². The maximum atomic E-state index is 5.57. The van der Waals surface area contributed by atoms with Crippen molar-refractivity contribution in [3.8, 4) is 0 Å². The minimum atomic E-state index is 0.238. The van der Waals surface area contributed by atoms with E-state index in [2.05, 4.69) is 33.0 Å². The average molecular weight is 217 g/mol. The van der Waals surface area contributed by atoms with Gasteiger partial charge in [-0.2, -0.15) is 0 Å². The lowest BCUT2D eigenvalue weighted by Crippen LogP contribution is -2.44. The van der Waals surface area contributed by atoms with Crippen LogP contribution >= 0.6 is 0 Å². The van der Waals surface area contributed by atoms with E-state index >= 15 is 0 Å². The van der Waals surface area contributed by atoms with Crippen molar-refractivity contribution in [1.82, 2.24) is 5.32 Å². The molecule has 0 heterocycles. The summed E-state index contributed by atoms with van der Waals surface area (Å²) in [6.07, 6.45) is 1.16. The van der Waals surface area contributed by atoms with Gasteiger partial charge in [-0.15, -0.1) is 0 Å². The molecule has 0 aromatic carbocycles. The minimum Gasteiger partial charge on any atom is -0.382 e. The quantitative estimate of drug-likeness (QED) is 0.631. The number of methoxy groups -OCH3 is 1. The Morgan fingerprint density at radius 2 is 1.87 bits per heavy atom. The minimum absolute atomic E-state index is 0.238. The smallest absolute Gasteiger partial charge is 0.0701 e. The fourth-order valence-electron chi connectivity index (χ4n) is 1.28. The zero-order chi connectivity index (χ0) is 11.7. The Bertz CT molecular complexity index is 143. The Labute approximate surface area is 94.5 Å². The summed E-state index contributed by atoms with van der Waals surface area (Å²) >= 11 is 0. The van der Waals surface area contributed by atoms with Crippen LogP contribution in [0.2, 0.25) is 0 Å². The summed E-state index contributed by atoms with van der Waals surface area (Å²) in [5.41, 5.74) is 0.238. The molecule has 0 aliphatic rings. The van der Waals surface area contributed by atoms with Crippen molar-refractivity contribution >= 4 is 0 Å². The van der Waals surface area contributed by atoms with Crippen molar-refractivity contribution in [2.75, 3.05) is 33.5 Å². The Kier molecular flexibility index (Phi) is 8.02. The number of hydrogen-bond acceptors (Lipinski definition) is 3. The van der Waals surface area contributed by atoms with Crippen LogP contribution in [-0.2, 0) is 9.47 Å². The predicted octanol–water partition coefficient (Wildman–Crippen LogP) is 2.06. The van der Waals surface area contributed by atoms with Crippen LogP contribution in [0.15, 0.2) is 0 Å². The molecule has 0 aromatic heterocycles. The molecule has 0 saturated carbocycles. The van der Waals surface area contributed by atoms with Gasteiger partial charge in [0.1, 0.15) is 0 Å². The number of hydrogen-bond donors (Lipinski definition) is 1. The van der Waals surface area contributed by atoms with E-state index in [0.29, 0.717) is 19.3 Å². The van der Waals surface area contributed by atoms with Gasteiger partial charge in [0.25, 0.3) is 0 Å². The van der Waals surface area contributed by atoms with Crippen LogP contribution in [0.5, 0.6) is 0 Å². The van der Waals surface area contributed by atoms with E-state index in [1.165, 1.54) is 0 Å². The molecule has 1 unspecified atom stereocenters. The van der Waals surface area contributed by atoms with Crippen molar-refractivity contribution in [2.24, 2.45) is 5.41 Å². The van der Waals surface area contributed by atoms with Crippen molar-refractivity contribution < 1.29 is 9.47 Å². The first-order chi connectivity index (χ1) is 7.02. The average Bonchev–Trinajstić information content (AvgIpc) is 2.15. The van der Waals surface area contributed by atoms with Gasteiger partial charge in [-0.3, -0.25) is 0 Å². The summed E-state index contributed by atoms with van der Waals surface area (Å²) in [6, 6.07) is 0.411. The SMILES string of the molecule is CCCNC(COCCOC)C(C)(C)C. The van der Waals surface area contributed by atoms with Crippen LogP contribution in [-0.4, -0.2) is 39.5 Å². The monoisotopic (exact) mass is 217 g/mol. The molecule has 1 atom stereocenters. The van der Waals surface area contributed by atoms with Gasteiger partial charge in [0.05, 0.1) is 19.8 Å². The highest BCUT2D eigenvalue weighted by Crippen LogP contribution is 2.19. The van der Waals surface area contributed by atoms with E-state index < -0.39 is 0 Å². The highest BCUT2D eigenvalue weighted by Gasteiger charge is 2.23. The number of ether oxygens (including phenoxy) is 2. The second-order valence-corrected chi connectivity index (χ2v) is 4.94. The van der Waals surface area contributed by atoms with E-state index in [0.717, 1.165) is 19.6 Å². The molecule has 92 valence electrons. The molecule has 0 bridgehead atoms. The first-order valence-electron chi connectivity index (χ1n) is 5.82. The normalized spacial score (nSPS) is 14.2. The summed E-state index contributed by atoms with van der Waals surface area (Å²) in [6.45, 7) is 12.0. The van der Waals surface area contributed by atoms with E-state index in [1.807, 2.05) is 0 Å². The summed E-state index contributed by atoms with van der Waals surface area (Å²) < 4.78 is 10.5. The molecule has 0 aliphatic carbocycles. The third kappa shape index (κ3) is 7.77. The predicted molar refractivity (Wildman–Crippen MR) is 64.2 cm³/mol. The van der Waals surface area contributed by atoms with Gasteiger partial charge >= 0.3 is 0 Å². The van der Waals surface area contributed by atoms with Crippen LogP contribution in [0.25, 0.3) is 0 Å². The molecule has 0 aromatic rings. The van der Waals surface area contributed by atoms with Crippen molar-refractivity contribution in [2.45, 2.75) is 40.2 Å². The summed E-state index contributed by atoms with van der Waals surface area (Å²) in [4.78, 5) is 0. The first kappa shape index (κ1) is 14.9. The molecule has 0 saturated heterocycles. The molecule has 0 aliphatic heterocycles. The molecule has 0 radical (unpaired) electrons. The topological polar surface area (TPSA) is 30.5 Å². The van der Waals surface area contributed by atoms with Crippen LogP contribution in [0, 0.1) is 5.41 Å². The van der Waals surface area contributed by atoms with Gasteiger partial charge in [0.15, 0.2) is 0 Å². The Morgan fingerprint density at radius 1 is 1.20 bits per heavy atom. The molecule has 3 heteroatoms. The molecule has 15 heavy (non-hydrogen) atoms. The second kappa shape index (κ2) is 8.08. The van der Waals surface area contributed by atoms with E-state index in [1.54, 1.807) is 7.11 Å².